The summed E-state index contributed by atoms with van der Waals surface area (Å²) in [6.07, 6.45) is 1.03. The fourth-order valence-corrected chi connectivity index (χ4v) is 2.59. The highest BCUT2D eigenvalue weighted by molar-refractivity contribution is 5.76. The minimum atomic E-state index is -0.261. The van der Waals surface area contributed by atoms with Crippen molar-refractivity contribution in [3.63, 3.8) is 0 Å². The van der Waals surface area contributed by atoms with E-state index < -0.39 is 0 Å². The number of rotatable bonds is 7. The summed E-state index contributed by atoms with van der Waals surface area (Å²) in [5, 5.41) is 6.81. The van der Waals surface area contributed by atoms with Gasteiger partial charge in [0.15, 0.2) is 0 Å². The van der Waals surface area contributed by atoms with Crippen molar-refractivity contribution in [3.8, 4) is 0 Å². The molecule has 1 unspecified atom stereocenters. The smallest absolute Gasteiger partial charge is 0.220 e. The lowest BCUT2D eigenvalue weighted by molar-refractivity contribution is -0.121. The van der Waals surface area contributed by atoms with Gasteiger partial charge >= 0.3 is 0 Å². The zero-order valence-electron chi connectivity index (χ0n) is 13.8. The van der Waals surface area contributed by atoms with Gasteiger partial charge in [0.25, 0.3) is 0 Å². The summed E-state index contributed by atoms with van der Waals surface area (Å²) >= 11 is 0. The molecule has 4 nitrogen and oxygen atoms in total. The van der Waals surface area contributed by atoms with E-state index in [0.717, 1.165) is 17.0 Å². The monoisotopic (exact) mass is 318 g/mol. The van der Waals surface area contributed by atoms with Gasteiger partial charge in [0.1, 0.15) is 11.6 Å². The van der Waals surface area contributed by atoms with Crippen LogP contribution in [0.3, 0.4) is 0 Å². The van der Waals surface area contributed by atoms with Crippen LogP contribution in [-0.4, -0.2) is 17.6 Å². The zero-order valence-corrected chi connectivity index (χ0v) is 13.8. The molecule has 1 atom stereocenters. The van der Waals surface area contributed by atoms with Crippen LogP contribution < -0.4 is 5.32 Å². The highest BCUT2D eigenvalue weighted by atomic mass is 19.1. The van der Waals surface area contributed by atoms with E-state index in [9.17, 15) is 9.18 Å². The summed E-state index contributed by atoms with van der Waals surface area (Å²) in [6.45, 7) is 6.50. The van der Waals surface area contributed by atoms with Crippen LogP contribution in [0, 0.1) is 18.7 Å². The van der Waals surface area contributed by atoms with Crippen LogP contribution in [0.15, 0.2) is 34.9 Å². The van der Waals surface area contributed by atoms with Crippen LogP contribution in [0.5, 0.6) is 0 Å². The van der Waals surface area contributed by atoms with Gasteiger partial charge < -0.3 is 9.84 Å². The minimum absolute atomic E-state index is 0.00626. The molecule has 0 aliphatic heterocycles. The molecule has 124 valence electrons. The first kappa shape index (κ1) is 17.2. The van der Waals surface area contributed by atoms with Crippen LogP contribution in [0.2, 0.25) is 0 Å². The number of nitrogens with one attached hydrogen (secondary N) is 1. The average Bonchev–Trinajstić information content (AvgIpc) is 2.91. The minimum Gasteiger partial charge on any atom is -0.361 e. The Morgan fingerprint density at radius 1 is 1.30 bits per heavy atom. The van der Waals surface area contributed by atoms with E-state index in [1.165, 1.54) is 12.1 Å². The van der Waals surface area contributed by atoms with Gasteiger partial charge in [-0.3, -0.25) is 4.79 Å². The molecule has 0 aliphatic carbocycles. The Labute approximate surface area is 136 Å². The van der Waals surface area contributed by atoms with Gasteiger partial charge in [-0.1, -0.05) is 31.1 Å². The Bertz CT molecular complexity index is 635. The van der Waals surface area contributed by atoms with Crippen LogP contribution in [-0.2, 0) is 11.2 Å². The summed E-state index contributed by atoms with van der Waals surface area (Å²) in [6, 6.07) is 8.25. The maximum Gasteiger partial charge on any atom is 0.220 e. The van der Waals surface area contributed by atoms with Crippen molar-refractivity contribution in [2.45, 2.75) is 39.5 Å². The number of carbonyl (C=O) groups is 1. The Kier molecular flexibility index (Phi) is 5.90. The third-order valence-electron chi connectivity index (χ3n) is 3.89. The molecule has 0 fully saturated rings. The SMILES string of the molecule is Cc1cc(CCNC(=O)CC(c2ccc(F)cc2)C(C)C)no1. The Morgan fingerprint density at radius 3 is 2.57 bits per heavy atom. The maximum atomic E-state index is 13.1. The molecule has 2 rings (SSSR count). The van der Waals surface area contributed by atoms with Crippen LogP contribution in [0.1, 0.15) is 43.2 Å². The van der Waals surface area contributed by atoms with Crippen molar-refractivity contribution in [1.82, 2.24) is 10.5 Å². The first-order valence-electron chi connectivity index (χ1n) is 7.90. The zero-order chi connectivity index (χ0) is 16.8. The topological polar surface area (TPSA) is 55.1 Å². The van der Waals surface area contributed by atoms with Gasteiger partial charge in [-0.25, -0.2) is 4.39 Å². The molecule has 5 heteroatoms. The molecular formula is C18H23FN2O2. The fraction of sp³-hybridized carbons (Fsp3) is 0.444. The van der Waals surface area contributed by atoms with Gasteiger partial charge in [0, 0.05) is 25.5 Å². The largest absolute Gasteiger partial charge is 0.361 e. The first-order chi connectivity index (χ1) is 11.0. The molecule has 0 radical (unpaired) electrons. The molecule has 0 bridgehead atoms. The second-order valence-electron chi connectivity index (χ2n) is 6.14. The second-order valence-corrected chi connectivity index (χ2v) is 6.14. The third-order valence-corrected chi connectivity index (χ3v) is 3.89. The highest BCUT2D eigenvalue weighted by Crippen LogP contribution is 2.27. The molecule has 23 heavy (non-hydrogen) atoms. The van der Waals surface area contributed by atoms with Crippen molar-refractivity contribution in [1.29, 1.82) is 0 Å². The summed E-state index contributed by atoms with van der Waals surface area (Å²) in [4.78, 5) is 12.2. The molecular weight excluding hydrogens is 295 g/mol. The van der Waals surface area contributed by atoms with Crippen molar-refractivity contribution >= 4 is 5.91 Å². The molecule has 0 aliphatic rings. The van der Waals surface area contributed by atoms with Gasteiger partial charge in [0.2, 0.25) is 5.91 Å². The molecule has 2 aromatic rings. The van der Waals surface area contributed by atoms with Crippen LogP contribution in [0.25, 0.3) is 0 Å². The second kappa shape index (κ2) is 7.90. The number of carbonyl (C=O) groups excluding carboxylic acids is 1. The molecule has 1 amide bonds. The number of halogens is 1. The number of nitrogens with zero attached hydrogens (tertiary/aromatic N) is 1. The normalized spacial score (nSPS) is 12.4. The predicted octanol–water partition coefficient (Wildman–Crippen LogP) is 3.61. The van der Waals surface area contributed by atoms with Crippen molar-refractivity contribution in [2.24, 2.45) is 5.92 Å². The molecule has 0 spiro atoms. The number of aryl methyl sites for hydroxylation is 1. The van der Waals surface area contributed by atoms with Crippen LogP contribution in [0.4, 0.5) is 4.39 Å². The lowest BCUT2D eigenvalue weighted by atomic mass is 9.85. The number of hydrogen-bond donors (Lipinski definition) is 1. The standard InChI is InChI=1S/C18H23FN2O2/c1-12(2)17(14-4-6-15(19)7-5-14)11-18(22)20-9-8-16-10-13(3)23-21-16/h4-7,10,12,17H,8-9,11H2,1-3H3,(H,20,22). The average molecular weight is 318 g/mol. The molecule has 1 aromatic heterocycles. The predicted molar refractivity (Wildman–Crippen MR) is 86.5 cm³/mol. The van der Waals surface area contributed by atoms with E-state index in [1.807, 2.05) is 13.0 Å². The van der Waals surface area contributed by atoms with Gasteiger partial charge in [-0.2, -0.15) is 0 Å². The lowest BCUT2D eigenvalue weighted by Crippen LogP contribution is -2.28. The first-order valence-corrected chi connectivity index (χ1v) is 7.90. The van der Waals surface area contributed by atoms with Crippen molar-refractivity contribution < 1.29 is 13.7 Å². The number of amides is 1. The van der Waals surface area contributed by atoms with E-state index in [2.05, 4.69) is 24.3 Å². The molecule has 1 N–H and O–H groups in total. The maximum absolute atomic E-state index is 13.1. The van der Waals surface area contributed by atoms with Gasteiger partial charge in [-0.15, -0.1) is 0 Å². The van der Waals surface area contributed by atoms with Gasteiger partial charge in [0.05, 0.1) is 5.69 Å². The van der Waals surface area contributed by atoms with E-state index in [1.54, 1.807) is 12.1 Å². The highest BCUT2D eigenvalue weighted by Gasteiger charge is 2.19. The van der Waals surface area contributed by atoms with E-state index in [4.69, 9.17) is 4.52 Å². The molecule has 1 heterocycles. The van der Waals surface area contributed by atoms with E-state index in [0.29, 0.717) is 25.3 Å². The third kappa shape index (κ3) is 5.20. The van der Waals surface area contributed by atoms with E-state index in [-0.39, 0.29) is 17.6 Å². The Morgan fingerprint density at radius 2 is 2.00 bits per heavy atom. The molecule has 1 aromatic carbocycles. The van der Waals surface area contributed by atoms with E-state index >= 15 is 0 Å². The van der Waals surface area contributed by atoms with Crippen molar-refractivity contribution in [3.05, 3.63) is 53.2 Å². The lowest BCUT2D eigenvalue weighted by Gasteiger charge is -2.21. The van der Waals surface area contributed by atoms with Crippen molar-refractivity contribution in [2.75, 3.05) is 6.54 Å². The fourth-order valence-electron chi connectivity index (χ4n) is 2.59. The van der Waals surface area contributed by atoms with Crippen LogP contribution >= 0.6 is 0 Å². The number of hydrogen-bond acceptors (Lipinski definition) is 3. The Hall–Kier alpha value is -2.17. The summed E-state index contributed by atoms with van der Waals surface area (Å²) in [5.41, 5.74) is 1.82. The quantitative estimate of drug-likeness (QED) is 0.848. The Balaban J connectivity index is 1.86. The summed E-state index contributed by atoms with van der Waals surface area (Å²) in [7, 11) is 0. The summed E-state index contributed by atoms with van der Waals surface area (Å²) in [5.74, 6) is 0.869. The molecule has 0 saturated carbocycles. The number of benzene rings is 1. The number of aromatic nitrogens is 1. The van der Waals surface area contributed by atoms with Gasteiger partial charge in [-0.05, 0) is 36.5 Å². The summed E-state index contributed by atoms with van der Waals surface area (Å²) < 4.78 is 18.0. The molecule has 0 saturated heterocycles.